The minimum atomic E-state index is -0.676. The first-order valence-electron chi connectivity index (χ1n) is 5.50. The predicted molar refractivity (Wildman–Crippen MR) is 59.0 cm³/mol. The second kappa shape index (κ2) is 4.25. The second-order valence-electron chi connectivity index (χ2n) is 4.47. The van der Waals surface area contributed by atoms with E-state index in [9.17, 15) is 4.79 Å². The number of aliphatic carboxylic acids is 1. The maximum absolute atomic E-state index is 10.8. The Labute approximate surface area is 94.7 Å². The van der Waals surface area contributed by atoms with Crippen molar-refractivity contribution in [3.8, 4) is 0 Å². The standard InChI is InChI=1S/C11H17N3O2/c1-8-10(5-13(2)12-8)7-14-4-3-9(6-14)11(15)16/h5,9H,3-4,6-7H2,1-2H3,(H,15,16). The second-order valence-corrected chi connectivity index (χ2v) is 4.47. The summed E-state index contributed by atoms with van der Waals surface area (Å²) in [4.78, 5) is 13.0. The van der Waals surface area contributed by atoms with Crippen LogP contribution in [0.4, 0.5) is 0 Å². The molecule has 0 radical (unpaired) electrons. The molecule has 1 aliphatic heterocycles. The van der Waals surface area contributed by atoms with Crippen molar-refractivity contribution in [2.75, 3.05) is 13.1 Å². The molecular weight excluding hydrogens is 206 g/mol. The lowest BCUT2D eigenvalue weighted by Crippen LogP contribution is -2.22. The maximum Gasteiger partial charge on any atom is 0.307 e. The maximum atomic E-state index is 10.8. The van der Waals surface area contributed by atoms with Crippen molar-refractivity contribution in [1.29, 1.82) is 0 Å². The van der Waals surface area contributed by atoms with Crippen molar-refractivity contribution in [2.45, 2.75) is 19.9 Å². The third kappa shape index (κ3) is 2.24. The Bertz CT molecular complexity index is 400. The molecule has 0 amide bonds. The topological polar surface area (TPSA) is 58.4 Å². The van der Waals surface area contributed by atoms with Gasteiger partial charge in [-0.2, -0.15) is 5.10 Å². The molecule has 5 nitrogen and oxygen atoms in total. The van der Waals surface area contributed by atoms with Gasteiger partial charge in [0.25, 0.3) is 0 Å². The molecule has 0 aliphatic carbocycles. The summed E-state index contributed by atoms with van der Waals surface area (Å²) in [5.74, 6) is -0.873. The molecule has 1 unspecified atom stereocenters. The summed E-state index contributed by atoms with van der Waals surface area (Å²) in [5.41, 5.74) is 2.22. The fraction of sp³-hybridized carbons (Fsp3) is 0.636. The SMILES string of the molecule is Cc1nn(C)cc1CN1CCC(C(=O)O)C1. The van der Waals surface area contributed by atoms with Crippen molar-refractivity contribution < 1.29 is 9.90 Å². The first-order chi connectivity index (χ1) is 7.56. The summed E-state index contributed by atoms with van der Waals surface area (Å²) >= 11 is 0. The molecular formula is C11H17N3O2. The van der Waals surface area contributed by atoms with E-state index in [-0.39, 0.29) is 5.92 Å². The van der Waals surface area contributed by atoms with Gasteiger partial charge in [-0.1, -0.05) is 0 Å². The van der Waals surface area contributed by atoms with Crippen molar-refractivity contribution in [2.24, 2.45) is 13.0 Å². The Morgan fingerprint density at radius 3 is 2.94 bits per heavy atom. The van der Waals surface area contributed by atoms with Crippen LogP contribution in [0.5, 0.6) is 0 Å². The molecule has 0 bridgehead atoms. The van der Waals surface area contributed by atoms with E-state index >= 15 is 0 Å². The van der Waals surface area contributed by atoms with Gasteiger partial charge >= 0.3 is 5.97 Å². The molecule has 2 rings (SSSR count). The lowest BCUT2D eigenvalue weighted by Gasteiger charge is -2.14. The number of rotatable bonds is 3. The molecule has 1 aliphatic rings. The van der Waals surface area contributed by atoms with E-state index in [4.69, 9.17) is 5.11 Å². The first-order valence-corrected chi connectivity index (χ1v) is 5.50. The van der Waals surface area contributed by atoms with Gasteiger partial charge in [-0.15, -0.1) is 0 Å². The molecule has 1 aromatic heterocycles. The summed E-state index contributed by atoms with van der Waals surface area (Å²) in [7, 11) is 1.90. The van der Waals surface area contributed by atoms with E-state index < -0.39 is 5.97 Å². The number of likely N-dealkylation sites (tertiary alicyclic amines) is 1. The van der Waals surface area contributed by atoms with Gasteiger partial charge in [0, 0.05) is 31.9 Å². The molecule has 0 saturated carbocycles. The molecule has 88 valence electrons. The fourth-order valence-electron chi connectivity index (χ4n) is 2.22. The Hall–Kier alpha value is -1.36. The lowest BCUT2D eigenvalue weighted by atomic mass is 10.1. The molecule has 0 aromatic carbocycles. The highest BCUT2D eigenvalue weighted by molar-refractivity contribution is 5.70. The first kappa shape index (κ1) is 11.1. The van der Waals surface area contributed by atoms with E-state index in [1.54, 1.807) is 4.68 Å². The quantitative estimate of drug-likeness (QED) is 0.816. The van der Waals surface area contributed by atoms with E-state index in [1.807, 2.05) is 20.2 Å². The molecule has 5 heteroatoms. The predicted octanol–water partition coefficient (Wildman–Crippen LogP) is 0.635. The molecule has 16 heavy (non-hydrogen) atoms. The Morgan fingerprint density at radius 1 is 1.69 bits per heavy atom. The van der Waals surface area contributed by atoms with E-state index in [2.05, 4.69) is 10.00 Å². The lowest BCUT2D eigenvalue weighted by molar-refractivity contribution is -0.141. The summed E-state index contributed by atoms with van der Waals surface area (Å²) in [5, 5.41) is 13.2. The van der Waals surface area contributed by atoms with Gasteiger partial charge in [-0.3, -0.25) is 14.4 Å². The van der Waals surface area contributed by atoms with Crippen LogP contribution in [0.25, 0.3) is 0 Å². The largest absolute Gasteiger partial charge is 0.481 e. The normalized spacial score (nSPS) is 21.5. The summed E-state index contributed by atoms with van der Waals surface area (Å²) in [6.07, 6.45) is 2.76. The highest BCUT2D eigenvalue weighted by Crippen LogP contribution is 2.19. The number of hydrogen-bond acceptors (Lipinski definition) is 3. The van der Waals surface area contributed by atoms with E-state index in [1.165, 1.54) is 5.56 Å². The van der Waals surface area contributed by atoms with Crippen molar-refractivity contribution >= 4 is 5.97 Å². The van der Waals surface area contributed by atoms with E-state index in [0.717, 1.165) is 25.2 Å². The highest BCUT2D eigenvalue weighted by atomic mass is 16.4. The molecule has 2 heterocycles. The Morgan fingerprint density at radius 2 is 2.44 bits per heavy atom. The summed E-state index contributed by atoms with van der Waals surface area (Å²) < 4.78 is 1.80. The van der Waals surface area contributed by atoms with E-state index in [0.29, 0.717) is 6.54 Å². The zero-order valence-electron chi connectivity index (χ0n) is 9.68. The Kier molecular flexibility index (Phi) is 2.96. The molecule has 1 fully saturated rings. The van der Waals surface area contributed by atoms with Gasteiger partial charge < -0.3 is 5.11 Å². The van der Waals surface area contributed by atoms with Gasteiger partial charge in [0.15, 0.2) is 0 Å². The minimum absolute atomic E-state index is 0.197. The number of nitrogens with zero attached hydrogens (tertiary/aromatic N) is 3. The number of aryl methyl sites for hydroxylation is 2. The average Bonchev–Trinajstić information content (AvgIpc) is 2.75. The number of aromatic nitrogens is 2. The van der Waals surface area contributed by atoms with Gasteiger partial charge in [-0.05, 0) is 19.9 Å². The Balaban J connectivity index is 1.97. The zero-order chi connectivity index (χ0) is 11.7. The number of carboxylic acids is 1. The molecule has 1 atom stereocenters. The van der Waals surface area contributed by atoms with Crippen LogP contribution in [0.2, 0.25) is 0 Å². The van der Waals surface area contributed by atoms with Crippen LogP contribution >= 0.6 is 0 Å². The molecule has 0 spiro atoms. The molecule has 1 aromatic rings. The number of carbonyl (C=O) groups is 1. The van der Waals surface area contributed by atoms with Crippen molar-refractivity contribution in [1.82, 2.24) is 14.7 Å². The van der Waals surface area contributed by atoms with Crippen LogP contribution in [0.1, 0.15) is 17.7 Å². The van der Waals surface area contributed by atoms with Crippen LogP contribution in [0.15, 0.2) is 6.20 Å². The molecule has 1 N–H and O–H groups in total. The van der Waals surface area contributed by atoms with Crippen molar-refractivity contribution in [3.63, 3.8) is 0 Å². The summed E-state index contributed by atoms with van der Waals surface area (Å²) in [6.45, 7) is 4.32. The smallest absolute Gasteiger partial charge is 0.307 e. The zero-order valence-corrected chi connectivity index (χ0v) is 9.68. The number of carboxylic acid groups (broad SMARTS) is 1. The van der Waals surface area contributed by atoms with Crippen LogP contribution in [-0.2, 0) is 18.4 Å². The van der Waals surface area contributed by atoms with Gasteiger partial charge in [-0.25, -0.2) is 0 Å². The van der Waals surface area contributed by atoms with Gasteiger partial charge in [0.1, 0.15) is 0 Å². The minimum Gasteiger partial charge on any atom is -0.481 e. The fourth-order valence-corrected chi connectivity index (χ4v) is 2.22. The monoisotopic (exact) mass is 223 g/mol. The third-order valence-electron chi connectivity index (χ3n) is 3.13. The van der Waals surface area contributed by atoms with Crippen LogP contribution in [0.3, 0.4) is 0 Å². The summed E-state index contributed by atoms with van der Waals surface area (Å²) in [6, 6.07) is 0. The van der Waals surface area contributed by atoms with Crippen LogP contribution < -0.4 is 0 Å². The van der Waals surface area contributed by atoms with Crippen LogP contribution in [-0.4, -0.2) is 38.8 Å². The average molecular weight is 223 g/mol. The van der Waals surface area contributed by atoms with Crippen molar-refractivity contribution in [3.05, 3.63) is 17.5 Å². The number of hydrogen-bond donors (Lipinski definition) is 1. The molecule has 1 saturated heterocycles. The third-order valence-corrected chi connectivity index (χ3v) is 3.13. The van der Waals surface area contributed by atoms with Gasteiger partial charge in [0.2, 0.25) is 0 Å². The highest BCUT2D eigenvalue weighted by Gasteiger charge is 2.28. The van der Waals surface area contributed by atoms with Crippen LogP contribution in [0, 0.1) is 12.8 Å². The van der Waals surface area contributed by atoms with Gasteiger partial charge in [0.05, 0.1) is 11.6 Å².